The van der Waals surface area contributed by atoms with Gasteiger partial charge in [-0.3, -0.25) is 9.69 Å². The molecule has 0 amide bonds. The Hall–Kier alpha value is -1.14. The minimum Gasteiger partial charge on any atom is -0.480 e. The summed E-state index contributed by atoms with van der Waals surface area (Å²) < 4.78 is 5.10. The van der Waals surface area contributed by atoms with Crippen LogP contribution in [0.5, 0.6) is 0 Å². The van der Waals surface area contributed by atoms with E-state index in [0.717, 1.165) is 0 Å². The van der Waals surface area contributed by atoms with Crippen LogP contribution in [-0.4, -0.2) is 39.2 Å². The van der Waals surface area contributed by atoms with E-state index in [4.69, 9.17) is 9.63 Å². The van der Waals surface area contributed by atoms with Crippen LogP contribution in [0.3, 0.4) is 0 Å². The predicted molar refractivity (Wildman–Crippen MR) is 68.8 cm³/mol. The molecule has 0 aliphatic rings. The highest BCUT2D eigenvalue weighted by Gasteiger charge is 2.23. The van der Waals surface area contributed by atoms with E-state index in [-0.39, 0.29) is 17.8 Å². The molecule has 0 aromatic carbocycles. The third kappa shape index (κ3) is 4.27. The van der Waals surface area contributed by atoms with Gasteiger partial charge in [0.1, 0.15) is 6.04 Å². The van der Waals surface area contributed by atoms with E-state index in [1.807, 2.05) is 20.8 Å². The molecule has 1 aromatic heterocycles. The van der Waals surface area contributed by atoms with Crippen molar-refractivity contribution in [3.05, 3.63) is 11.7 Å². The van der Waals surface area contributed by atoms with Gasteiger partial charge in [-0.1, -0.05) is 25.9 Å². The van der Waals surface area contributed by atoms with Crippen molar-refractivity contribution in [3.8, 4) is 0 Å². The van der Waals surface area contributed by atoms with Crippen LogP contribution in [0.4, 0.5) is 0 Å². The molecule has 1 unspecified atom stereocenters. The SMILES string of the molecule is CC(C(=O)O)N(C)Cc1nc(C(C)(C)C)no1.Cl. The van der Waals surface area contributed by atoms with Gasteiger partial charge in [0.2, 0.25) is 5.89 Å². The first kappa shape index (κ1) is 16.9. The molecule has 0 fully saturated rings. The Bertz CT molecular complexity index is 400. The van der Waals surface area contributed by atoms with Crippen molar-refractivity contribution in [2.24, 2.45) is 0 Å². The molecule has 18 heavy (non-hydrogen) atoms. The summed E-state index contributed by atoms with van der Waals surface area (Å²) in [5.41, 5.74) is -0.168. The summed E-state index contributed by atoms with van der Waals surface area (Å²) in [5.74, 6) is 0.192. The van der Waals surface area contributed by atoms with Gasteiger partial charge in [-0.15, -0.1) is 12.4 Å². The summed E-state index contributed by atoms with van der Waals surface area (Å²) in [6.07, 6.45) is 0. The third-order valence-corrected chi connectivity index (χ3v) is 2.54. The third-order valence-electron chi connectivity index (χ3n) is 2.54. The Morgan fingerprint density at radius 1 is 1.50 bits per heavy atom. The molecule has 6 nitrogen and oxygen atoms in total. The Morgan fingerprint density at radius 2 is 2.06 bits per heavy atom. The molecule has 1 aromatic rings. The Labute approximate surface area is 113 Å². The number of nitrogens with zero attached hydrogens (tertiary/aromatic N) is 3. The molecular weight excluding hydrogens is 258 g/mol. The summed E-state index contributed by atoms with van der Waals surface area (Å²) >= 11 is 0. The lowest BCUT2D eigenvalue weighted by molar-refractivity contribution is -0.142. The monoisotopic (exact) mass is 277 g/mol. The number of likely N-dealkylation sites (N-methyl/N-ethyl adjacent to an activating group) is 1. The van der Waals surface area contributed by atoms with Gasteiger partial charge in [-0.05, 0) is 14.0 Å². The minimum atomic E-state index is -0.872. The molecule has 0 spiro atoms. The van der Waals surface area contributed by atoms with Crippen LogP contribution in [0, 0.1) is 0 Å². The van der Waals surface area contributed by atoms with E-state index in [0.29, 0.717) is 18.3 Å². The van der Waals surface area contributed by atoms with Crippen LogP contribution in [-0.2, 0) is 16.8 Å². The maximum atomic E-state index is 10.8. The lowest BCUT2D eigenvalue weighted by atomic mass is 9.96. The number of rotatable bonds is 4. The second-order valence-electron chi connectivity index (χ2n) is 5.19. The van der Waals surface area contributed by atoms with E-state index in [9.17, 15) is 4.79 Å². The minimum absolute atomic E-state index is 0. The largest absolute Gasteiger partial charge is 0.480 e. The number of carboxylic acid groups (broad SMARTS) is 1. The van der Waals surface area contributed by atoms with Crippen LogP contribution in [0.15, 0.2) is 4.52 Å². The first-order valence-electron chi connectivity index (χ1n) is 5.48. The predicted octanol–water partition coefficient (Wildman–Crippen LogP) is 1.69. The molecule has 7 heteroatoms. The summed E-state index contributed by atoms with van der Waals surface area (Å²) in [7, 11) is 1.71. The zero-order valence-corrected chi connectivity index (χ0v) is 12.1. The molecule has 104 valence electrons. The van der Waals surface area contributed by atoms with Crippen LogP contribution < -0.4 is 0 Å². The van der Waals surface area contributed by atoms with Gasteiger partial charge in [0, 0.05) is 5.41 Å². The van der Waals surface area contributed by atoms with Crippen LogP contribution >= 0.6 is 12.4 Å². The Balaban J connectivity index is 0.00000289. The number of hydrogen-bond donors (Lipinski definition) is 1. The molecule has 0 saturated carbocycles. The molecule has 0 aliphatic carbocycles. The van der Waals surface area contributed by atoms with Crippen molar-refractivity contribution in [1.82, 2.24) is 15.0 Å². The summed E-state index contributed by atoms with van der Waals surface area (Å²) in [6, 6.07) is -0.583. The molecule has 1 rings (SSSR count). The lowest BCUT2D eigenvalue weighted by Gasteiger charge is -2.18. The quantitative estimate of drug-likeness (QED) is 0.902. The zero-order valence-electron chi connectivity index (χ0n) is 11.3. The number of hydrogen-bond acceptors (Lipinski definition) is 5. The number of aliphatic carboxylic acids is 1. The van der Waals surface area contributed by atoms with Gasteiger partial charge in [0.15, 0.2) is 5.82 Å². The van der Waals surface area contributed by atoms with Gasteiger partial charge >= 0.3 is 5.97 Å². The first-order chi connectivity index (χ1) is 7.71. The van der Waals surface area contributed by atoms with Gasteiger partial charge in [-0.2, -0.15) is 4.98 Å². The number of halogens is 1. The standard InChI is InChI=1S/C11H19N3O3.ClH/c1-7(9(15)16)14(5)6-8-12-10(13-17-8)11(2,3)4;/h7H,6H2,1-5H3,(H,15,16);1H. The average molecular weight is 278 g/mol. The normalized spacial score (nSPS) is 13.2. The summed E-state index contributed by atoms with van der Waals surface area (Å²) in [4.78, 5) is 16.7. The fourth-order valence-electron chi connectivity index (χ4n) is 1.16. The van der Waals surface area contributed by atoms with Crippen molar-refractivity contribution < 1.29 is 14.4 Å². The highest BCUT2D eigenvalue weighted by Crippen LogP contribution is 2.18. The molecular formula is C11H20ClN3O3. The Kier molecular flexibility index (Phi) is 5.76. The molecule has 0 aliphatic heterocycles. The fraction of sp³-hybridized carbons (Fsp3) is 0.727. The molecule has 0 saturated heterocycles. The van der Waals surface area contributed by atoms with Crippen molar-refractivity contribution >= 4 is 18.4 Å². The van der Waals surface area contributed by atoms with Gasteiger partial charge in [0.25, 0.3) is 0 Å². The van der Waals surface area contributed by atoms with Gasteiger partial charge < -0.3 is 9.63 Å². The highest BCUT2D eigenvalue weighted by molar-refractivity contribution is 5.85. The average Bonchev–Trinajstić information content (AvgIpc) is 2.64. The number of carboxylic acids is 1. The van der Waals surface area contributed by atoms with Crippen LogP contribution in [0.1, 0.15) is 39.4 Å². The van der Waals surface area contributed by atoms with Crippen molar-refractivity contribution in [2.45, 2.75) is 45.7 Å². The van der Waals surface area contributed by atoms with Crippen LogP contribution in [0.2, 0.25) is 0 Å². The molecule has 1 atom stereocenters. The molecule has 0 bridgehead atoms. The van der Waals surface area contributed by atoms with Gasteiger partial charge in [-0.25, -0.2) is 0 Å². The van der Waals surface area contributed by atoms with E-state index < -0.39 is 12.0 Å². The van der Waals surface area contributed by atoms with Crippen molar-refractivity contribution in [3.63, 3.8) is 0 Å². The van der Waals surface area contributed by atoms with E-state index in [1.165, 1.54) is 0 Å². The van der Waals surface area contributed by atoms with Crippen molar-refractivity contribution in [1.29, 1.82) is 0 Å². The maximum absolute atomic E-state index is 10.8. The second-order valence-corrected chi connectivity index (χ2v) is 5.19. The molecule has 1 heterocycles. The summed E-state index contributed by atoms with van der Waals surface area (Å²) in [6.45, 7) is 7.92. The molecule has 1 N–H and O–H groups in total. The maximum Gasteiger partial charge on any atom is 0.320 e. The Morgan fingerprint density at radius 3 is 2.44 bits per heavy atom. The highest BCUT2D eigenvalue weighted by atomic mass is 35.5. The van der Waals surface area contributed by atoms with E-state index in [2.05, 4.69) is 10.1 Å². The molecule has 0 radical (unpaired) electrons. The zero-order chi connectivity index (χ0) is 13.2. The lowest BCUT2D eigenvalue weighted by Crippen LogP contribution is -2.35. The fourth-order valence-corrected chi connectivity index (χ4v) is 1.16. The van der Waals surface area contributed by atoms with Crippen molar-refractivity contribution in [2.75, 3.05) is 7.05 Å². The van der Waals surface area contributed by atoms with Gasteiger partial charge in [0.05, 0.1) is 6.54 Å². The van der Waals surface area contributed by atoms with E-state index >= 15 is 0 Å². The summed E-state index contributed by atoms with van der Waals surface area (Å²) in [5, 5.41) is 12.7. The van der Waals surface area contributed by atoms with Crippen LogP contribution in [0.25, 0.3) is 0 Å². The smallest absolute Gasteiger partial charge is 0.320 e. The number of carbonyl (C=O) groups is 1. The topological polar surface area (TPSA) is 79.5 Å². The first-order valence-corrected chi connectivity index (χ1v) is 5.48. The van der Waals surface area contributed by atoms with E-state index in [1.54, 1.807) is 18.9 Å². The second kappa shape index (κ2) is 6.15. The number of aromatic nitrogens is 2.